The van der Waals surface area contributed by atoms with Crippen molar-refractivity contribution in [3.05, 3.63) is 46.2 Å². The van der Waals surface area contributed by atoms with Gasteiger partial charge in [-0.05, 0) is 52.8 Å². The van der Waals surface area contributed by atoms with Gasteiger partial charge in [-0.3, -0.25) is 4.68 Å². The topological polar surface area (TPSA) is 29.9 Å². The SMILES string of the molecule is CCCNC(c1ccc(SC)cc1)c1c(Br)cnn1C. The summed E-state index contributed by atoms with van der Waals surface area (Å²) in [5, 5.41) is 7.94. The van der Waals surface area contributed by atoms with Gasteiger partial charge in [0.05, 0.1) is 22.4 Å². The molecule has 1 atom stereocenters. The second-order valence-electron chi connectivity index (χ2n) is 4.66. The van der Waals surface area contributed by atoms with Crippen molar-refractivity contribution >= 4 is 27.7 Å². The third-order valence-corrected chi connectivity index (χ3v) is 4.61. The normalized spacial score (nSPS) is 12.6. The zero-order valence-electron chi connectivity index (χ0n) is 12.1. The Kier molecular flexibility index (Phi) is 5.69. The number of rotatable bonds is 6. The van der Waals surface area contributed by atoms with Gasteiger partial charge in [-0.15, -0.1) is 11.8 Å². The molecule has 0 fully saturated rings. The molecule has 108 valence electrons. The van der Waals surface area contributed by atoms with Crippen LogP contribution in [-0.4, -0.2) is 22.6 Å². The van der Waals surface area contributed by atoms with E-state index in [9.17, 15) is 0 Å². The van der Waals surface area contributed by atoms with E-state index in [-0.39, 0.29) is 6.04 Å². The van der Waals surface area contributed by atoms with Gasteiger partial charge in [0.15, 0.2) is 0 Å². The molecule has 1 aromatic carbocycles. The largest absolute Gasteiger partial charge is 0.305 e. The first-order chi connectivity index (χ1) is 9.67. The Labute approximate surface area is 133 Å². The van der Waals surface area contributed by atoms with Crippen molar-refractivity contribution in [2.75, 3.05) is 12.8 Å². The van der Waals surface area contributed by atoms with Gasteiger partial charge < -0.3 is 5.32 Å². The minimum absolute atomic E-state index is 0.160. The van der Waals surface area contributed by atoms with Gasteiger partial charge in [0.2, 0.25) is 0 Å². The van der Waals surface area contributed by atoms with Crippen LogP contribution in [0.4, 0.5) is 0 Å². The number of aryl methyl sites for hydroxylation is 1. The molecule has 0 spiro atoms. The molecule has 1 unspecified atom stereocenters. The molecule has 5 heteroatoms. The molecule has 0 bridgehead atoms. The molecule has 1 heterocycles. The lowest BCUT2D eigenvalue weighted by atomic mass is 10.0. The van der Waals surface area contributed by atoms with Crippen LogP contribution in [0, 0.1) is 0 Å². The average molecular weight is 354 g/mol. The molecule has 1 N–H and O–H groups in total. The van der Waals surface area contributed by atoms with E-state index in [1.54, 1.807) is 11.8 Å². The van der Waals surface area contributed by atoms with Crippen molar-refractivity contribution < 1.29 is 0 Å². The molecular weight excluding hydrogens is 334 g/mol. The van der Waals surface area contributed by atoms with Gasteiger partial charge in [0.1, 0.15) is 0 Å². The van der Waals surface area contributed by atoms with Crippen molar-refractivity contribution in [2.24, 2.45) is 7.05 Å². The van der Waals surface area contributed by atoms with Crippen molar-refractivity contribution in [3.63, 3.8) is 0 Å². The van der Waals surface area contributed by atoms with E-state index in [4.69, 9.17) is 0 Å². The van der Waals surface area contributed by atoms with Crippen LogP contribution >= 0.6 is 27.7 Å². The maximum absolute atomic E-state index is 4.33. The van der Waals surface area contributed by atoms with Crippen LogP contribution in [0.5, 0.6) is 0 Å². The predicted octanol–water partition coefficient (Wildman–Crippen LogP) is 3.99. The van der Waals surface area contributed by atoms with Gasteiger partial charge in [-0.2, -0.15) is 5.10 Å². The van der Waals surface area contributed by atoms with E-state index in [2.05, 4.69) is 63.8 Å². The number of aromatic nitrogens is 2. The Morgan fingerprint density at radius 3 is 2.55 bits per heavy atom. The van der Waals surface area contributed by atoms with Crippen LogP contribution in [0.25, 0.3) is 0 Å². The second kappa shape index (κ2) is 7.29. The van der Waals surface area contributed by atoms with Crippen LogP contribution < -0.4 is 5.32 Å². The Morgan fingerprint density at radius 1 is 1.35 bits per heavy atom. The monoisotopic (exact) mass is 353 g/mol. The zero-order valence-corrected chi connectivity index (χ0v) is 14.5. The number of thioether (sulfide) groups is 1. The highest BCUT2D eigenvalue weighted by Crippen LogP contribution is 2.29. The number of nitrogens with zero attached hydrogens (tertiary/aromatic N) is 2. The van der Waals surface area contributed by atoms with E-state index >= 15 is 0 Å². The molecule has 20 heavy (non-hydrogen) atoms. The van der Waals surface area contributed by atoms with Crippen molar-refractivity contribution in [1.82, 2.24) is 15.1 Å². The highest BCUT2D eigenvalue weighted by molar-refractivity contribution is 9.10. The summed E-state index contributed by atoms with van der Waals surface area (Å²) in [5.41, 5.74) is 2.43. The molecule has 3 nitrogen and oxygen atoms in total. The third-order valence-electron chi connectivity index (χ3n) is 3.26. The molecule has 0 amide bonds. The van der Waals surface area contributed by atoms with E-state index in [1.165, 1.54) is 10.5 Å². The Hall–Kier alpha value is -0.780. The Bertz CT molecular complexity index is 531. The summed E-state index contributed by atoms with van der Waals surface area (Å²) < 4.78 is 2.97. The number of benzene rings is 1. The van der Waals surface area contributed by atoms with E-state index in [1.807, 2.05) is 17.9 Å². The van der Waals surface area contributed by atoms with Crippen molar-refractivity contribution in [2.45, 2.75) is 24.3 Å². The summed E-state index contributed by atoms with van der Waals surface area (Å²) in [7, 11) is 1.98. The molecule has 1 aromatic heterocycles. The van der Waals surface area contributed by atoms with Crippen molar-refractivity contribution in [3.8, 4) is 0 Å². The van der Waals surface area contributed by atoms with Crippen LogP contribution in [-0.2, 0) is 7.05 Å². The predicted molar refractivity (Wildman–Crippen MR) is 89.3 cm³/mol. The highest BCUT2D eigenvalue weighted by Gasteiger charge is 2.20. The van der Waals surface area contributed by atoms with Crippen LogP contribution in [0.2, 0.25) is 0 Å². The first-order valence-corrected chi connectivity index (χ1v) is 8.73. The minimum Gasteiger partial charge on any atom is -0.305 e. The zero-order chi connectivity index (χ0) is 14.5. The fourth-order valence-corrected chi connectivity index (χ4v) is 3.19. The lowest BCUT2D eigenvalue weighted by molar-refractivity contribution is 0.552. The summed E-state index contributed by atoms with van der Waals surface area (Å²) in [6.45, 7) is 3.16. The van der Waals surface area contributed by atoms with Crippen LogP contribution in [0.1, 0.15) is 30.6 Å². The highest BCUT2D eigenvalue weighted by atomic mass is 79.9. The smallest absolute Gasteiger partial charge is 0.0759 e. The molecule has 2 rings (SSSR count). The number of halogens is 1. The Morgan fingerprint density at radius 2 is 2.05 bits per heavy atom. The third kappa shape index (κ3) is 3.45. The summed E-state index contributed by atoms with van der Waals surface area (Å²) in [6.07, 6.45) is 5.06. The standard InChI is InChI=1S/C15H20BrN3S/c1-4-9-17-14(15-13(16)10-18-19(15)2)11-5-7-12(20-3)8-6-11/h5-8,10,14,17H,4,9H2,1-3H3. The molecule has 0 aliphatic heterocycles. The van der Waals surface area contributed by atoms with Gasteiger partial charge in [-0.1, -0.05) is 19.1 Å². The quantitative estimate of drug-likeness (QED) is 0.796. The maximum Gasteiger partial charge on any atom is 0.0759 e. The average Bonchev–Trinajstić information content (AvgIpc) is 2.80. The summed E-state index contributed by atoms with van der Waals surface area (Å²) in [4.78, 5) is 1.28. The first kappa shape index (κ1) is 15.6. The van der Waals surface area contributed by atoms with Gasteiger partial charge in [-0.25, -0.2) is 0 Å². The molecular formula is C15H20BrN3S. The minimum atomic E-state index is 0.160. The van der Waals surface area contributed by atoms with Gasteiger partial charge in [0, 0.05) is 11.9 Å². The fourth-order valence-electron chi connectivity index (χ4n) is 2.20. The van der Waals surface area contributed by atoms with E-state index in [0.717, 1.165) is 23.1 Å². The number of hydrogen-bond acceptors (Lipinski definition) is 3. The van der Waals surface area contributed by atoms with E-state index < -0.39 is 0 Å². The molecule has 0 saturated heterocycles. The summed E-state index contributed by atoms with van der Waals surface area (Å²) in [5.74, 6) is 0. The lowest BCUT2D eigenvalue weighted by Crippen LogP contribution is -2.25. The van der Waals surface area contributed by atoms with Crippen LogP contribution in [0.3, 0.4) is 0 Å². The Balaban J connectivity index is 2.36. The maximum atomic E-state index is 4.33. The lowest BCUT2D eigenvalue weighted by Gasteiger charge is -2.20. The first-order valence-electron chi connectivity index (χ1n) is 6.72. The molecule has 0 radical (unpaired) electrons. The van der Waals surface area contributed by atoms with Crippen LogP contribution in [0.15, 0.2) is 39.8 Å². The summed E-state index contributed by atoms with van der Waals surface area (Å²) >= 11 is 5.37. The number of nitrogens with one attached hydrogen (secondary N) is 1. The molecule has 0 aliphatic rings. The molecule has 0 saturated carbocycles. The second-order valence-corrected chi connectivity index (χ2v) is 6.40. The summed E-state index contributed by atoms with van der Waals surface area (Å²) in [6, 6.07) is 8.89. The fraction of sp³-hybridized carbons (Fsp3) is 0.400. The molecule has 0 aliphatic carbocycles. The van der Waals surface area contributed by atoms with E-state index in [0.29, 0.717) is 0 Å². The molecule has 2 aromatic rings. The van der Waals surface area contributed by atoms with Gasteiger partial charge in [0.25, 0.3) is 0 Å². The van der Waals surface area contributed by atoms with Crippen molar-refractivity contribution in [1.29, 1.82) is 0 Å². The van der Waals surface area contributed by atoms with Gasteiger partial charge >= 0.3 is 0 Å². The number of hydrogen-bond donors (Lipinski definition) is 1.